The molecule has 0 saturated heterocycles. The van der Waals surface area contributed by atoms with E-state index in [0.717, 1.165) is 23.3 Å². The third-order valence-corrected chi connectivity index (χ3v) is 5.57. The van der Waals surface area contributed by atoms with Gasteiger partial charge in [-0.25, -0.2) is 0 Å². The topological polar surface area (TPSA) is 86.3 Å². The van der Waals surface area contributed by atoms with Gasteiger partial charge >= 0.3 is 5.97 Å². The number of anilines is 1. The van der Waals surface area contributed by atoms with E-state index >= 15 is 0 Å². The molecule has 1 aliphatic rings. The van der Waals surface area contributed by atoms with E-state index in [1.807, 2.05) is 48.2 Å². The fourth-order valence-corrected chi connectivity index (χ4v) is 4.07. The van der Waals surface area contributed by atoms with Crippen molar-refractivity contribution in [3.63, 3.8) is 0 Å². The molecule has 178 valence electrons. The van der Waals surface area contributed by atoms with Gasteiger partial charge in [-0.3, -0.25) is 14.5 Å². The number of hydrogen-bond acceptors (Lipinski definition) is 7. The Bertz CT molecular complexity index is 960. The van der Waals surface area contributed by atoms with Crippen LogP contribution in [0.1, 0.15) is 37.4 Å². The van der Waals surface area contributed by atoms with E-state index in [1.165, 1.54) is 0 Å². The molecule has 3 rings (SSSR count). The van der Waals surface area contributed by atoms with Crippen LogP contribution in [0.2, 0.25) is 0 Å². The highest BCUT2D eigenvalue weighted by Gasteiger charge is 2.32. The third kappa shape index (κ3) is 6.16. The molecule has 0 saturated carbocycles. The number of nitrogens with one attached hydrogen (secondary N) is 1. The number of carbonyl (C=O) groups excluding carboxylic acids is 2. The van der Waals surface area contributed by atoms with Crippen LogP contribution in [0.4, 0.5) is 5.69 Å². The van der Waals surface area contributed by atoms with Crippen molar-refractivity contribution in [3.8, 4) is 17.2 Å². The predicted octanol–water partition coefficient (Wildman–Crippen LogP) is 3.59. The van der Waals surface area contributed by atoms with Crippen LogP contribution in [0, 0.1) is 0 Å². The molecule has 0 fully saturated rings. The van der Waals surface area contributed by atoms with Gasteiger partial charge in [-0.15, -0.1) is 0 Å². The number of rotatable bonds is 10. The van der Waals surface area contributed by atoms with Crippen LogP contribution in [-0.4, -0.2) is 57.3 Å². The van der Waals surface area contributed by atoms with Crippen LogP contribution < -0.4 is 19.5 Å². The summed E-state index contributed by atoms with van der Waals surface area (Å²) in [7, 11) is 3.18. The smallest absolute Gasteiger partial charge is 0.307 e. The van der Waals surface area contributed by atoms with Gasteiger partial charge in [0.25, 0.3) is 0 Å². The van der Waals surface area contributed by atoms with Gasteiger partial charge in [0.1, 0.15) is 5.75 Å². The van der Waals surface area contributed by atoms with Crippen LogP contribution in [0.3, 0.4) is 0 Å². The van der Waals surface area contributed by atoms with Crippen molar-refractivity contribution in [2.45, 2.75) is 32.7 Å². The summed E-state index contributed by atoms with van der Waals surface area (Å²) in [4.78, 5) is 27.2. The van der Waals surface area contributed by atoms with Crippen molar-refractivity contribution in [2.75, 3.05) is 45.8 Å². The van der Waals surface area contributed by atoms with Crippen LogP contribution >= 0.6 is 0 Å². The lowest BCUT2D eigenvalue weighted by Gasteiger charge is -2.37. The van der Waals surface area contributed by atoms with Crippen LogP contribution in [0.5, 0.6) is 17.2 Å². The molecule has 1 N–H and O–H groups in total. The summed E-state index contributed by atoms with van der Waals surface area (Å²) >= 11 is 0. The van der Waals surface area contributed by atoms with Crippen molar-refractivity contribution < 1.29 is 28.5 Å². The summed E-state index contributed by atoms with van der Waals surface area (Å²) in [6, 6.07) is 10.8. The molecule has 1 amide bonds. The molecule has 1 atom stereocenters. The molecule has 8 heteroatoms. The van der Waals surface area contributed by atoms with Crippen molar-refractivity contribution >= 4 is 17.6 Å². The molecule has 0 radical (unpaired) electrons. The zero-order valence-corrected chi connectivity index (χ0v) is 19.7. The van der Waals surface area contributed by atoms with Gasteiger partial charge in [0.15, 0.2) is 11.5 Å². The van der Waals surface area contributed by atoms with Crippen molar-refractivity contribution in [1.82, 2.24) is 4.90 Å². The van der Waals surface area contributed by atoms with Crippen molar-refractivity contribution in [3.05, 3.63) is 47.5 Å². The molecule has 0 aromatic heterocycles. The lowest BCUT2D eigenvalue weighted by molar-refractivity contribution is -0.145. The quantitative estimate of drug-likeness (QED) is 0.547. The highest BCUT2D eigenvalue weighted by Crippen LogP contribution is 2.39. The second-order valence-corrected chi connectivity index (χ2v) is 7.66. The van der Waals surface area contributed by atoms with E-state index < -0.39 is 0 Å². The summed E-state index contributed by atoms with van der Waals surface area (Å²) in [6.45, 7) is 5.37. The van der Waals surface area contributed by atoms with Gasteiger partial charge in [0.05, 0.1) is 40.4 Å². The highest BCUT2D eigenvalue weighted by molar-refractivity contribution is 5.92. The zero-order valence-electron chi connectivity index (χ0n) is 19.7. The van der Waals surface area contributed by atoms with Gasteiger partial charge in [-0.1, -0.05) is 0 Å². The first-order valence-electron chi connectivity index (χ1n) is 11.2. The Hall–Kier alpha value is -3.26. The summed E-state index contributed by atoms with van der Waals surface area (Å²) in [6.07, 6.45) is 0.873. The molecule has 1 unspecified atom stereocenters. The highest BCUT2D eigenvalue weighted by atomic mass is 16.5. The van der Waals surface area contributed by atoms with E-state index in [-0.39, 0.29) is 30.9 Å². The Morgan fingerprint density at radius 2 is 1.73 bits per heavy atom. The van der Waals surface area contributed by atoms with E-state index in [4.69, 9.17) is 18.9 Å². The minimum Gasteiger partial charge on any atom is -0.494 e. The minimum absolute atomic E-state index is 0.144. The monoisotopic (exact) mass is 456 g/mol. The second kappa shape index (κ2) is 11.6. The van der Waals surface area contributed by atoms with Gasteiger partial charge in [0, 0.05) is 18.3 Å². The zero-order chi connectivity index (χ0) is 23.8. The Morgan fingerprint density at radius 1 is 1.03 bits per heavy atom. The van der Waals surface area contributed by atoms with Crippen molar-refractivity contribution in [1.29, 1.82) is 0 Å². The van der Waals surface area contributed by atoms with Gasteiger partial charge in [-0.05, 0) is 67.8 Å². The van der Waals surface area contributed by atoms with Gasteiger partial charge in [0.2, 0.25) is 5.91 Å². The molecule has 1 aliphatic heterocycles. The van der Waals surface area contributed by atoms with E-state index in [9.17, 15) is 9.59 Å². The number of carbonyl (C=O) groups is 2. The normalized spacial score (nSPS) is 15.3. The number of esters is 1. The Morgan fingerprint density at radius 3 is 2.36 bits per heavy atom. The molecular formula is C25H32N2O6. The first kappa shape index (κ1) is 24.4. The van der Waals surface area contributed by atoms with Gasteiger partial charge in [-0.2, -0.15) is 0 Å². The van der Waals surface area contributed by atoms with E-state index in [2.05, 4.69) is 5.32 Å². The number of nitrogens with zero attached hydrogens (tertiary/aromatic N) is 1. The van der Waals surface area contributed by atoms with Crippen LogP contribution in [-0.2, 0) is 20.7 Å². The first-order chi connectivity index (χ1) is 16.0. The van der Waals surface area contributed by atoms with E-state index in [0.29, 0.717) is 36.9 Å². The molecule has 8 nitrogen and oxygen atoms in total. The molecule has 2 aromatic carbocycles. The van der Waals surface area contributed by atoms with Crippen LogP contribution in [0.25, 0.3) is 0 Å². The standard InChI is InChI=1S/C25H32N2O6/c1-5-32-19-9-7-18(8-10-19)26-24(28)16-27-12-11-17-13-22(30-3)23(31-4)14-20(17)21(27)15-25(29)33-6-2/h7-10,13-14,21H,5-6,11-12,15-16H2,1-4H3,(H,26,28). The summed E-state index contributed by atoms with van der Waals surface area (Å²) in [5, 5.41) is 2.93. The van der Waals surface area contributed by atoms with E-state index in [1.54, 1.807) is 21.1 Å². The maximum absolute atomic E-state index is 12.8. The molecule has 2 aromatic rings. The molecule has 0 spiro atoms. The van der Waals surface area contributed by atoms with Crippen molar-refractivity contribution in [2.24, 2.45) is 0 Å². The second-order valence-electron chi connectivity index (χ2n) is 7.66. The molecule has 1 heterocycles. The predicted molar refractivity (Wildman–Crippen MR) is 125 cm³/mol. The maximum atomic E-state index is 12.8. The number of ether oxygens (including phenoxy) is 4. The summed E-state index contributed by atoms with van der Waals surface area (Å²) in [5.41, 5.74) is 2.71. The lowest BCUT2D eigenvalue weighted by Crippen LogP contribution is -2.41. The number of fused-ring (bicyclic) bond motifs is 1. The average molecular weight is 457 g/mol. The lowest BCUT2D eigenvalue weighted by atomic mass is 9.90. The van der Waals surface area contributed by atoms with Crippen LogP contribution in [0.15, 0.2) is 36.4 Å². The largest absolute Gasteiger partial charge is 0.494 e. The summed E-state index contributed by atoms with van der Waals surface area (Å²) in [5.74, 6) is 1.53. The Balaban J connectivity index is 1.79. The molecular weight excluding hydrogens is 424 g/mol. The number of amides is 1. The number of methoxy groups -OCH3 is 2. The maximum Gasteiger partial charge on any atom is 0.307 e. The first-order valence-corrected chi connectivity index (χ1v) is 11.2. The number of benzene rings is 2. The molecule has 0 aliphatic carbocycles. The Labute approximate surface area is 194 Å². The fourth-order valence-electron chi connectivity index (χ4n) is 4.07. The fraction of sp³-hybridized carbons (Fsp3) is 0.440. The molecule has 33 heavy (non-hydrogen) atoms. The average Bonchev–Trinajstić information content (AvgIpc) is 2.81. The number of hydrogen-bond donors (Lipinski definition) is 1. The Kier molecular flexibility index (Phi) is 8.54. The third-order valence-electron chi connectivity index (χ3n) is 5.57. The van der Waals surface area contributed by atoms with Gasteiger partial charge < -0.3 is 24.3 Å². The summed E-state index contributed by atoms with van der Waals surface area (Å²) < 4.78 is 21.6. The SMILES string of the molecule is CCOC(=O)CC1c2cc(OC)c(OC)cc2CCN1CC(=O)Nc1ccc(OCC)cc1. The minimum atomic E-state index is -0.307. The molecule has 0 bridgehead atoms.